The highest BCUT2D eigenvalue weighted by Gasteiger charge is 2.32. The number of benzene rings is 3. The van der Waals surface area contributed by atoms with Crippen LogP contribution in [-0.2, 0) is 25.7 Å². The number of carbonyl (C=O) groups is 3. The van der Waals surface area contributed by atoms with Crippen LogP contribution in [0.25, 0.3) is 11.1 Å². The van der Waals surface area contributed by atoms with Gasteiger partial charge in [0.05, 0.1) is 18.1 Å². The molecule has 3 aromatic rings. The Morgan fingerprint density at radius 1 is 0.900 bits per heavy atom. The van der Waals surface area contributed by atoms with Crippen LogP contribution in [0, 0.1) is 5.41 Å². The van der Waals surface area contributed by atoms with Crippen LogP contribution < -0.4 is 10.6 Å². The predicted octanol–water partition coefficient (Wildman–Crippen LogP) is 5.12. The van der Waals surface area contributed by atoms with E-state index in [0.717, 1.165) is 27.8 Å². The van der Waals surface area contributed by atoms with Crippen molar-refractivity contribution in [3.63, 3.8) is 0 Å². The Morgan fingerprint density at radius 3 is 2.08 bits per heavy atom. The molecule has 2 atom stereocenters. The van der Waals surface area contributed by atoms with Crippen LogP contribution in [0.15, 0.2) is 78.9 Å². The Hall–Kier alpha value is -4.17. The summed E-state index contributed by atoms with van der Waals surface area (Å²) in [5.74, 6) is -1.54. The van der Waals surface area contributed by atoms with E-state index in [9.17, 15) is 19.5 Å². The van der Waals surface area contributed by atoms with Gasteiger partial charge in [-0.05, 0) is 55.0 Å². The first-order chi connectivity index (χ1) is 19.2. The molecule has 210 valence electrons. The second-order valence-electron chi connectivity index (χ2n) is 10.7. The topological polar surface area (TPSA) is 114 Å². The Labute approximate surface area is 234 Å². The molecule has 0 radical (unpaired) electrons. The lowest BCUT2D eigenvalue weighted by Gasteiger charge is -2.26. The lowest BCUT2D eigenvalue weighted by molar-refractivity contribution is -0.147. The summed E-state index contributed by atoms with van der Waals surface area (Å²) in [6, 6.07) is 24.6. The number of alkyl carbamates (subject to hydrolysis) is 1. The number of hydrogen-bond donors (Lipinski definition) is 3. The minimum atomic E-state index is -1.05. The van der Waals surface area contributed by atoms with Gasteiger partial charge in [-0.2, -0.15) is 0 Å². The smallest absolute Gasteiger partial charge is 0.407 e. The van der Waals surface area contributed by atoms with E-state index in [1.54, 1.807) is 20.8 Å². The lowest BCUT2D eigenvalue weighted by Crippen LogP contribution is -2.53. The molecule has 0 spiro atoms. The van der Waals surface area contributed by atoms with Crippen molar-refractivity contribution in [2.24, 2.45) is 5.41 Å². The molecule has 4 rings (SSSR count). The van der Waals surface area contributed by atoms with Crippen LogP contribution in [0.5, 0.6) is 0 Å². The molecule has 0 saturated heterocycles. The third-order valence-electron chi connectivity index (χ3n) is 7.35. The van der Waals surface area contributed by atoms with Gasteiger partial charge >= 0.3 is 12.1 Å². The average Bonchev–Trinajstić information content (AvgIpc) is 3.27. The number of carbonyl (C=O) groups excluding carboxylic acids is 2. The Kier molecular flexibility index (Phi) is 9.22. The maximum Gasteiger partial charge on any atom is 0.407 e. The molecule has 0 aromatic heterocycles. The van der Waals surface area contributed by atoms with Crippen LogP contribution in [0.2, 0.25) is 0 Å². The van der Waals surface area contributed by atoms with E-state index < -0.39 is 35.5 Å². The molecule has 3 N–H and O–H groups in total. The van der Waals surface area contributed by atoms with E-state index in [2.05, 4.69) is 22.8 Å². The van der Waals surface area contributed by atoms with Gasteiger partial charge in [-0.25, -0.2) is 4.79 Å². The number of hydrogen-bond acceptors (Lipinski definition) is 5. The quantitative estimate of drug-likeness (QED) is 0.292. The van der Waals surface area contributed by atoms with Gasteiger partial charge in [-0.3, -0.25) is 9.59 Å². The van der Waals surface area contributed by atoms with Gasteiger partial charge in [-0.15, -0.1) is 0 Å². The number of nitrogens with one attached hydrogen (secondary N) is 2. The van der Waals surface area contributed by atoms with E-state index in [1.165, 1.54) is 0 Å². The molecular weight excluding hydrogens is 508 g/mol. The van der Waals surface area contributed by atoms with Gasteiger partial charge in [-0.1, -0.05) is 78.9 Å². The SMILES string of the molecule is CC(OCc1ccccc1)C(NC(=O)OCC1c2ccccc2-c2ccccc21)C(=O)NCCC(C)(C)C(=O)O. The largest absolute Gasteiger partial charge is 0.481 e. The zero-order valence-corrected chi connectivity index (χ0v) is 23.1. The van der Waals surface area contributed by atoms with Gasteiger partial charge in [0.25, 0.3) is 0 Å². The summed E-state index contributed by atoms with van der Waals surface area (Å²) >= 11 is 0. The van der Waals surface area contributed by atoms with E-state index in [-0.39, 0.29) is 32.1 Å². The molecule has 0 aliphatic heterocycles. The molecular formula is C32H36N2O6. The third kappa shape index (κ3) is 6.87. The van der Waals surface area contributed by atoms with Gasteiger partial charge in [0.2, 0.25) is 5.91 Å². The standard InChI is InChI=1S/C32H36N2O6/c1-21(39-19-22-11-5-4-6-12-22)28(29(35)33-18-17-32(2,3)30(36)37)34-31(38)40-20-27-25-15-9-7-13-23(25)24-14-8-10-16-26(24)27/h4-16,21,27-28H,17-20H2,1-3H3,(H,33,35)(H,34,38)(H,36,37). The molecule has 0 fully saturated rings. The van der Waals surface area contributed by atoms with Gasteiger partial charge in [0.15, 0.2) is 0 Å². The first-order valence-corrected chi connectivity index (χ1v) is 13.5. The van der Waals surface area contributed by atoms with Gasteiger partial charge in [0.1, 0.15) is 12.6 Å². The minimum absolute atomic E-state index is 0.111. The maximum atomic E-state index is 13.2. The Morgan fingerprint density at radius 2 is 1.48 bits per heavy atom. The van der Waals surface area contributed by atoms with Crippen molar-refractivity contribution in [3.05, 3.63) is 95.6 Å². The maximum absolute atomic E-state index is 13.2. The van der Waals surface area contributed by atoms with E-state index in [4.69, 9.17) is 9.47 Å². The van der Waals surface area contributed by atoms with Crippen LogP contribution in [0.1, 0.15) is 49.8 Å². The molecule has 8 heteroatoms. The van der Waals surface area contributed by atoms with Crippen molar-refractivity contribution in [2.45, 2.75) is 51.9 Å². The molecule has 1 aliphatic carbocycles. The van der Waals surface area contributed by atoms with Crippen LogP contribution in [0.4, 0.5) is 4.79 Å². The summed E-state index contributed by atoms with van der Waals surface area (Å²) in [6.45, 7) is 5.40. The second kappa shape index (κ2) is 12.8. The molecule has 8 nitrogen and oxygen atoms in total. The molecule has 0 bridgehead atoms. The summed E-state index contributed by atoms with van der Waals surface area (Å²) in [4.78, 5) is 37.6. The zero-order valence-electron chi connectivity index (χ0n) is 23.1. The molecule has 0 heterocycles. The van der Waals surface area contributed by atoms with Gasteiger partial charge < -0.3 is 25.2 Å². The van der Waals surface area contributed by atoms with E-state index in [1.807, 2.05) is 66.7 Å². The fourth-order valence-electron chi connectivity index (χ4n) is 4.78. The number of carboxylic acid groups (broad SMARTS) is 1. The zero-order chi connectivity index (χ0) is 28.7. The monoisotopic (exact) mass is 544 g/mol. The summed E-state index contributed by atoms with van der Waals surface area (Å²) in [5.41, 5.74) is 4.35. The fraction of sp³-hybridized carbons (Fsp3) is 0.344. The summed E-state index contributed by atoms with van der Waals surface area (Å²) in [6.07, 6.45) is -1.19. The van der Waals surface area contributed by atoms with Crippen LogP contribution >= 0.6 is 0 Å². The minimum Gasteiger partial charge on any atom is -0.481 e. The Bertz CT molecular complexity index is 1290. The number of rotatable bonds is 12. The number of ether oxygens (including phenoxy) is 2. The number of carboxylic acids is 1. The lowest BCUT2D eigenvalue weighted by atomic mass is 9.89. The van der Waals surface area contributed by atoms with Crippen molar-refractivity contribution in [1.29, 1.82) is 0 Å². The highest BCUT2D eigenvalue weighted by Crippen LogP contribution is 2.44. The molecule has 3 aromatic carbocycles. The molecule has 2 amide bonds. The molecule has 0 saturated carbocycles. The second-order valence-corrected chi connectivity index (χ2v) is 10.7. The van der Waals surface area contributed by atoms with Crippen molar-refractivity contribution < 1.29 is 29.0 Å². The van der Waals surface area contributed by atoms with Crippen molar-refractivity contribution in [2.75, 3.05) is 13.2 Å². The summed E-state index contributed by atoms with van der Waals surface area (Å²) in [7, 11) is 0. The average molecular weight is 545 g/mol. The number of aliphatic carboxylic acids is 1. The van der Waals surface area contributed by atoms with Gasteiger partial charge in [0, 0.05) is 12.5 Å². The van der Waals surface area contributed by atoms with Crippen LogP contribution in [0.3, 0.4) is 0 Å². The first-order valence-electron chi connectivity index (χ1n) is 13.5. The summed E-state index contributed by atoms with van der Waals surface area (Å²) in [5, 5.41) is 14.8. The number of amides is 2. The molecule has 1 aliphatic rings. The first kappa shape index (κ1) is 28.8. The predicted molar refractivity (Wildman–Crippen MR) is 152 cm³/mol. The highest BCUT2D eigenvalue weighted by atomic mass is 16.5. The summed E-state index contributed by atoms with van der Waals surface area (Å²) < 4.78 is 11.6. The Balaban J connectivity index is 1.41. The van der Waals surface area contributed by atoms with Crippen molar-refractivity contribution in [3.8, 4) is 11.1 Å². The fourth-order valence-corrected chi connectivity index (χ4v) is 4.78. The van der Waals surface area contributed by atoms with Crippen molar-refractivity contribution >= 4 is 18.0 Å². The van der Waals surface area contributed by atoms with E-state index >= 15 is 0 Å². The van der Waals surface area contributed by atoms with Crippen molar-refractivity contribution in [1.82, 2.24) is 10.6 Å². The highest BCUT2D eigenvalue weighted by molar-refractivity contribution is 5.86. The normalized spacial score (nSPS) is 14.0. The molecule has 40 heavy (non-hydrogen) atoms. The van der Waals surface area contributed by atoms with Crippen LogP contribution in [-0.4, -0.2) is 48.4 Å². The number of fused-ring (bicyclic) bond motifs is 3. The third-order valence-corrected chi connectivity index (χ3v) is 7.35. The van der Waals surface area contributed by atoms with E-state index in [0.29, 0.717) is 0 Å². The molecule has 2 unspecified atom stereocenters.